The summed E-state index contributed by atoms with van der Waals surface area (Å²) in [6.07, 6.45) is 0. The summed E-state index contributed by atoms with van der Waals surface area (Å²) in [5, 5.41) is 16.0. The molecule has 0 radical (unpaired) electrons. The number of hydrogen-bond acceptors (Lipinski definition) is 4. The third-order valence-corrected chi connectivity index (χ3v) is 2.48. The second-order valence-corrected chi connectivity index (χ2v) is 4.04. The van der Waals surface area contributed by atoms with Crippen LogP contribution >= 0.6 is 0 Å². The van der Waals surface area contributed by atoms with E-state index in [1.165, 1.54) is 5.56 Å². The summed E-state index contributed by atoms with van der Waals surface area (Å²) in [7, 11) is 0. The zero-order valence-electron chi connectivity index (χ0n) is 9.94. The summed E-state index contributed by atoms with van der Waals surface area (Å²) in [5.41, 5.74) is 4.59. The lowest BCUT2D eigenvalue weighted by molar-refractivity contribution is 0.814. The number of nitrogens with zero attached hydrogens (tertiary/aromatic N) is 4. The molecule has 2 rings (SSSR count). The molecule has 2 aromatic rings. The molecule has 0 aliphatic heterocycles. The summed E-state index contributed by atoms with van der Waals surface area (Å²) < 4.78 is 0. The molecule has 0 bridgehead atoms. The van der Waals surface area contributed by atoms with Crippen molar-refractivity contribution in [1.82, 2.24) is 20.4 Å². The minimum absolute atomic E-state index is 0.589. The average Bonchev–Trinajstić information content (AvgIpc) is 2.19. The van der Waals surface area contributed by atoms with Crippen LogP contribution in [0.2, 0.25) is 0 Å². The second kappa shape index (κ2) is 3.96. The van der Waals surface area contributed by atoms with Gasteiger partial charge in [0, 0.05) is 5.56 Å². The van der Waals surface area contributed by atoms with Crippen LogP contribution < -0.4 is 0 Å². The van der Waals surface area contributed by atoms with Crippen LogP contribution in [0.3, 0.4) is 0 Å². The number of benzene rings is 1. The van der Waals surface area contributed by atoms with Gasteiger partial charge in [0.25, 0.3) is 0 Å². The normalized spacial score (nSPS) is 10.5. The highest BCUT2D eigenvalue weighted by Crippen LogP contribution is 2.24. The fourth-order valence-electron chi connectivity index (χ4n) is 1.91. The third kappa shape index (κ3) is 1.91. The van der Waals surface area contributed by atoms with Crippen LogP contribution in [0.5, 0.6) is 0 Å². The summed E-state index contributed by atoms with van der Waals surface area (Å²) in [5.74, 6) is 1.19. The maximum Gasteiger partial charge on any atom is 0.204 e. The van der Waals surface area contributed by atoms with Gasteiger partial charge in [0.15, 0.2) is 5.82 Å². The number of aryl methyl sites for hydroxylation is 4. The maximum absolute atomic E-state index is 4.08. The molecule has 0 unspecified atom stereocenters. The lowest BCUT2D eigenvalue weighted by atomic mass is 9.99. The highest BCUT2D eigenvalue weighted by atomic mass is 15.3. The Kier molecular flexibility index (Phi) is 2.64. The maximum atomic E-state index is 4.08. The standard InChI is InChI=1S/C12H14N4/c1-7-5-8(2)11(9(3)6-7)12-15-13-10(4)14-16-12/h5-6H,1-4H3. The number of aromatic nitrogens is 4. The SMILES string of the molecule is Cc1cc(C)c(-c2nnc(C)nn2)c(C)c1. The van der Waals surface area contributed by atoms with E-state index in [2.05, 4.69) is 53.3 Å². The van der Waals surface area contributed by atoms with Crippen molar-refractivity contribution in [2.24, 2.45) is 0 Å². The predicted molar refractivity (Wildman–Crippen MR) is 62.0 cm³/mol. The molecule has 1 aromatic heterocycles. The molecule has 1 aromatic carbocycles. The molecule has 82 valence electrons. The predicted octanol–water partition coefficient (Wildman–Crippen LogP) is 2.17. The Hall–Kier alpha value is -1.84. The summed E-state index contributed by atoms with van der Waals surface area (Å²) in [6.45, 7) is 7.96. The van der Waals surface area contributed by atoms with Gasteiger partial charge in [-0.2, -0.15) is 0 Å². The Morgan fingerprint density at radius 1 is 0.750 bits per heavy atom. The molecular weight excluding hydrogens is 200 g/mol. The monoisotopic (exact) mass is 214 g/mol. The van der Waals surface area contributed by atoms with Crippen LogP contribution in [-0.2, 0) is 0 Å². The molecule has 4 heteroatoms. The van der Waals surface area contributed by atoms with Crippen molar-refractivity contribution in [2.75, 3.05) is 0 Å². The fraction of sp³-hybridized carbons (Fsp3) is 0.333. The molecule has 0 amide bonds. The van der Waals surface area contributed by atoms with E-state index in [4.69, 9.17) is 0 Å². The van der Waals surface area contributed by atoms with E-state index >= 15 is 0 Å². The summed E-state index contributed by atoms with van der Waals surface area (Å²) in [6, 6.07) is 4.23. The van der Waals surface area contributed by atoms with E-state index < -0.39 is 0 Å². The zero-order valence-corrected chi connectivity index (χ0v) is 9.94. The second-order valence-electron chi connectivity index (χ2n) is 4.04. The van der Waals surface area contributed by atoms with Crippen molar-refractivity contribution in [3.8, 4) is 11.4 Å². The van der Waals surface area contributed by atoms with Crippen LogP contribution in [0.25, 0.3) is 11.4 Å². The van der Waals surface area contributed by atoms with Gasteiger partial charge in [-0.25, -0.2) is 0 Å². The molecule has 0 aliphatic carbocycles. The Bertz CT molecular complexity index is 494. The van der Waals surface area contributed by atoms with E-state index in [-0.39, 0.29) is 0 Å². The van der Waals surface area contributed by atoms with Gasteiger partial charge in [0.2, 0.25) is 5.82 Å². The van der Waals surface area contributed by atoms with E-state index in [0.29, 0.717) is 11.6 Å². The fourth-order valence-corrected chi connectivity index (χ4v) is 1.91. The topological polar surface area (TPSA) is 51.6 Å². The number of rotatable bonds is 1. The molecule has 0 aliphatic rings. The van der Waals surface area contributed by atoms with Crippen LogP contribution in [0.4, 0.5) is 0 Å². The molecule has 4 nitrogen and oxygen atoms in total. The summed E-state index contributed by atoms with van der Waals surface area (Å²) in [4.78, 5) is 0. The van der Waals surface area contributed by atoms with Gasteiger partial charge >= 0.3 is 0 Å². The molecule has 0 spiro atoms. The minimum Gasteiger partial charge on any atom is -0.131 e. The van der Waals surface area contributed by atoms with Gasteiger partial charge in [-0.05, 0) is 38.8 Å². The van der Waals surface area contributed by atoms with E-state index in [0.717, 1.165) is 16.7 Å². The zero-order chi connectivity index (χ0) is 11.7. The van der Waals surface area contributed by atoms with Gasteiger partial charge in [-0.1, -0.05) is 17.7 Å². The first-order valence-corrected chi connectivity index (χ1v) is 5.20. The third-order valence-electron chi connectivity index (χ3n) is 2.48. The Labute approximate surface area is 94.8 Å². The van der Waals surface area contributed by atoms with Crippen LogP contribution in [0.1, 0.15) is 22.5 Å². The van der Waals surface area contributed by atoms with E-state index in [1.807, 2.05) is 0 Å². The Morgan fingerprint density at radius 3 is 1.75 bits per heavy atom. The van der Waals surface area contributed by atoms with E-state index in [1.54, 1.807) is 6.92 Å². The molecule has 0 saturated carbocycles. The van der Waals surface area contributed by atoms with Gasteiger partial charge in [0.05, 0.1) is 0 Å². The highest BCUT2D eigenvalue weighted by molar-refractivity contribution is 5.64. The van der Waals surface area contributed by atoms with Gasteiger partial charge < -0.3 is 0 Å². The van der Waals surface area contributed by atoms with Crippen LogP contribution in [0.15, 0.2) is 12.1 Å². The first-order valence-electron chi connectivity index (χ1n) is 5.20. The minimum atomic E-state index is 0.589. The van der Waals surface area contributed by atoms with Crippen LogP contribution in [-0.4, -0.2) is 20.4 Å². The van der Waals surface area contributed by atoms with E-state index in [9.17, 15) is 0 Å². The first-order chi connectivity index (χ1) is 7.58. The molecule has 16 heavy (non-hydrogen) atoms. The molecule has 0 N–H and O–H groups in total. The van der Waals surface area contributed by atoms with Crippen LogP contribution in [0, 0.1) is 27.7 Å². The van der Waals surface area contributed by atoms with Crippen molar-refractivity contribution in [3.63, 3.8) is 0 Å². The van der Waals surface area contributed by atoms with Gasteiger partial charge in [-0.3, -0.25) is 0 Å². The lowest BCUT2D eigenvalue weighted by Gasteiger charge is -2.08. The van der Waals surface area contributed by atoms with Crippen molar-refractivity contribution in [3.05, 3.63) is 34.6 Å². The Balaban J connectivity index is 2.60. The summed E-state index contributed by atoms with van der Waals surface area (Å²) >= 11 is 0. The molecule has 0 fully saturated rings. The largest absolute Gasteiger partial charge is 0.204 e. The van der Waals surface area contributed by atoms with Crippen molar-refractivity contribution in [1.29, 1.82) is 0 Å². The molecule has 0 saturated heterocycles. The molecular formula is C12H14N4. The first kappa shape index (κ1) is 10.7. The smallest absolute Gasteiger partial charge is 0.131 e. The van der Waals surface area contributed by atoms with Gasteiger partial charge in [-0.15, -0.1) is 20.4 Å². The van der Waals surface area contributed by atoms with Crippen molar-refractivity contribution < 1.29 is 0 Å². The highest BCUT2D eigenvalue weighted by Gasteiger charge is 2.10. The molecule has 0 atom stereocenters. The molecule has 1 heterocycles. The number of hydrogen-bond donors (Lipinski definition) is 0. The van der Waals surface area contributed by atoms with Gasteiger partial charge in [0.1, 0.15) is 0 Å². The van der Waals surface area contributed by atoms with Crippen molar-refractivity contribution in [2.45, 2.75) is 27.7 Å². The Morgan fingerprint density at radius 2 is 1.25 bits per heavy atom. The lowest BCUT2D eigenvalue weighted by Crippen LogP contribution is -2.01. The van der Waals surface area contributed by atoms with Crippen molar-refractivity contribution >= 4 is 0 Å². The average molecular weight is 214 g/mol. The quantitative estimate of drug-likeness (QED) is 0.730.